The summed E-state index contributed by atoms with van der Waals surface area (Å²) in [5, 5.41) is 5.90. The highest BCUT2D eigenvalue weighted by Crippen LogP contribution is 2.39. The fraction of sp³-hybridized carbons (Fsp3) is 0.143. The Labute approximate surface area is 173 Å². The molecule has 0 radical (unpaired) electrons. The minimum absolute atomic E-state index is 0.258. The van der Waals surface area contributed by atoms with Crippen molar-refractivity contribution in [2.24, 2.45) is 10.7 Å². The van der Waals surface area contributed by atoms with Gasteiger partial charge in [0.05, 0.1) is 35.7 Å². The van der Waals surface area contributed by atoms with Crippen LogP contribution in [-0.2, 0) is 0 Å². The van der Waals surface area contributed by atoms with Crippen LogP contribution in [0.2, 0.25) is 0 Å². The van der Waals surface area contributed by atoms with Crippen molar-refractivity contribution in [2.45, 2.75) is 18.8 Å². The highest BCUT2D eigenvalue weighted by molar-refractivity contribution is 6.02. The number of nitrogens with zero attached hydrogens (tertiary/aromatic N) is 5. The lowest BCUT2D eigenvalue weighted by Crippen LogP contribution is -2.26. The summed E-state index contributed by atoms with van der Waals surface area (Å²) in [6, 6.07) is 9.14. The molecule has 1 amide bonds. The number of aliphatic imine (C=N–C) groups is 1. The number of aromatic nitrogens is 4. The second-order valence-corrected chi connectivity index (χ2v) is 6.68. The van der Waals surface area contributed by atoms with E-state index in [9.17, 15) is 4.79 Å². The SMILES string of the molecule is NC=C(C=Nc1ccccn1)NC(=O)c1nc(C2CC2)ccc1Nc1cncnc1. The van der Waals surface area contributed by atoms with Gasteiger partial charge in [-0.3, -0.25) is 4.79 Å². The van der Waals surface area contributed by atoms with Gasteiger partial charge in [-0.1, -0.05) is 6.07 Å². The summed E-state index contributed by atoms with van der Waals surface area (Å²) < 4.78 is 0. The quantitative estimate of drug-likeness (QED) is 0.520. The Hall–Kier alpha value is -4.14. The first kappa shape index (κ1) is 19.2. The Morgan fingerprint density at radius 1 is 1.17 bits per heavy atom. The molecule has 150 valence electrons. The molecule has 1 saturated carbocycles. The Kier molecular flexibility index (Phi) is 5.70. The van der Waals surface area contributed by atoms with Gasteiger partial charge in [0.15, 0.2) is 11.5 Å². The van der Waals surface area contributed by atoms with Crippen molar-refractivity contribution >= 4 is 29.3 Å². The van der Waals surface area contributed by atoms with Crippen molar-refractivity contribution < 1.29 is 4.79 Å². The molecule has 0 saturated heterocycles. The first-order chi connectivity index (χ1) is 14.7. The van der Waals surface area contributed by atoms with Gasteiger partial charge in [-0.2, -0.15) is 0 Å². The average molecular weight is 400 g/mol. The van der Waals surface area contributed by atoms with E-state index < -0.39 is 5.91 Å². The lowest BCUT2D eigenvalue weighted by molar-refractivity contribution is 0.0964. The normalized spacial score (nSPS) is 13.9. The Balaban J connectivity index is 1.56. The summed E-state index contributed by atoms with van der Waals surface area (Å²) in [7, 11) is 0. The molecule has 0 atom stereocenters. The highest BCUT2D eigenvalue weighted by atomic mass is 16.1. The number of carbonyl (C=O) groups is 1. The van der Waals surface area contributed by atoms with Crippen LogP contribution in [0.5, 0.6) is 0 Å². The molecule has 1 aliphatic rings. The van der Waals surface area contributed by atoms with Crippen molar-refractivity contribution in [1.82, 2.24) is 25.3 Å². The molecule has 0 unspecified atom stereocenters. The smallest absolute Gasteiger partial charge is 0.276 e. The number of nitrogens with one attached hydrogen (secondary N) is 2. The molecule has 0 aromatic carbocycles. The minimum atomic E-state index is -0.402. The number of carbonyl (C=O) groups excluding carboxylic acids is 1. The number of allylic oxidation sites excluding steroid dienone is 1. The van der Waals surface area contributed by atoms with Crippen LogP contribution in [0.15, 0.2) is 72.1 Å². The van der Waals surface area contributed by atoms with Gasteiger partial charge in [0.2, 0.25) is 0 Å². The maximum absolute atomic E-state index is 13.0. The summed E-state index contributed by atoms with van der Waals surface area (Å²) >= 11 is 0. The molecular weight excluding hydrogens is 380 g/mol. The van der Waals surface area contributed by atoms with E-state index in [1.807, 2.05) is 18.2 Å². The number of amides is 1. The van der Waals surface area contributed by atoms with Gasteiger partial charge in [0.1, 0.15) is 6.33 Å². The third-order valence-corrected chi connectivity index (χ3v) is 4.39. The van der Waals surface area contributed by atoms with Gasteiger partial charge in [-0.05, 0) is 37.1 Å². The molecule has 1 aliphatic carbocycles. The predicted octanol–water partition coefficient (Wildman–Crippen LogP) is 2.82. The Morgan fingerprint density at radius 3 is 2.70 bits per heavy atom. The number of anilines is 2. The number of pyridine rings is 2. The van der Waals surface area contributed by atoms with Gasteiger partial charge >= 0.3 is 0 Å². The van der Waals surface area contributed by atoms with Crippen LogP contribution in [-0.4, -0.2) is 32.1 Å². The molecule has 9 nitrogen and oxygen atoms in total. The van der Waals surface area contributed by atoms with Crippen molar-refractivity contribution in [1.29, 1.82) is 0 Å². The van der Waals surface area contributed by atoms with Gasteiger partial charge < -0.3 is 16.4 Å². The van der Waals surface area contributed by atoms with Gasteiger partial charge in [0.25, 0.3) is 5.91 Å². The minimum Gasteiger partial charge on any atom is -0.403 e. The van der Waals surface area contributed by atoms with Crippen LogP contribution in [0.4, 0.5) is 17.2 Å². The molecule has 0 spiro atoms. The summed E-state index contributed by atoms with van der Waals surface area (Å²) in [4.78, 5) is 33.9. The zero-order valence-electron chi connectivity index (χ0n) is 16.1. The van der Waals surface area contributed by atoms with E-state index in [1.165, 1.54) is 18.7 Å². The van der Waals surface area contributed by atoms with Crippen molar-refractivity contribution in [3.05, 3.63) is 78.5 Å². The molecule has 3 aromatic heterocycles. The van der Waals surface area contributed by atoms with Crippen molar-refractivity contribution in [3.8, 4) is 0 Å². The Morgan fingerprint density at radius 2 is 2.00 bits per heavy atom. The molecule has 4 rings (SSSR count). The van der Waals surface area contributed by atoms with Gasteiger partial charge in [0, 0.05) is 24.0 Å². The summed E-state index contributed by atoms with van der Waals surface area (Å²) in [5.41, 5.74) is 8.36. The van der Waals surface area contributed by atoms with Gasteiger partial charge in [-0.15, -0.1) is 0 Å². The molecule has 0 bridgehead atoms. The second-order valence-electron chi connectivity index (χ2n) is 6.68. The third-order valence-electron chi connectivity index (χ3n) is 4.39. The summed E-state index contributed by atoms with van der Waals surface area (Å²) in [6.45, 7) is 0. The fourth-order valence-electron chi connectivity index (χ4n) is 2.75. The van der Waals surface area contributed by atoms with Crippen molar-refractivity contribution in [3.63, 3.8) is 0 Å². The molecule has 1 fully saturated rings. The molecule has 0 aliphatic heterocycles. The zero-order valence-corrected chi connectivity index (χ0v) is 16.1. The van der Waals surface area contributed by atoms with E-state index >= 15 is 0 Å². The number of hydrogen-bond acceptors (Lipinski definition) is 8. The van der Waals surface area contributed by atoms with Gasteiger partial charge in [-0.25, -0.2) is 24.9 Å². The lowest BCUT2D eigenvalue weighted by atomic mass is 10.2. The van der Waals surface area contributed by atoms with E-state index in [2.05, 4.69) is 35.6 Å². The maximum atomic E-state index is 13.0. The van der Waals surface area contributed by atoms with Crippen LogP contribution in [0.25, 0.3) is 0 Å². The van der Waals surface area contributed by atoms with Crippen LogP contribution >= 0.6 is 0 Å². The molecule has 3 heterocycles. The van der Waals surface area contributed by atoms with Crippen LogP contribution in [0.1, 0.15) is 34.9 Å². The molecule has 3 aromatic rings. The second kappa shape index (κ2) is 8.91. The first-order valence-corrected chi connectivity index (χ1v) is 9.44. The predicted molar refractivity (Wildman–Crippen MR) is 114 cm³/mol. The number of rotatable bonds is 7. The zero-order chi connectivity index (χ0) is 20.8. The van der Waals surface area contributed by atoms with Crippen LogP contribution in [0, 0.1) is 0 Å². The summed E-state index contributed by atoms with van der Waals surface area (Å²) in [5.74, 6) is 0.508. The molecule has 30 heavy (non-hydrogen) atoms. The number of hydrogen-bond donors (Lipinski definition) is 3. The van der Waals surface area contributed by atoms with Crippen LogP contribution < -0.4 is 16.4 Å². The fourth-order valence-corrected chi connectivity index (χ4v) is 2.75. The topological polar surface area (TPSA) is 131 Å². The largest absolute Gasteiger partial charge is 0.403 e. The van der Waals surface area contributed by atoms with E-state index in [-0.39, 0.29) is 5.69 Å². The first-order valence-electron chi connectivity index (χ1n) is 9.44. The molecular formula is C21H20N8O. The van der Waals surface area contributed by atoms with E-state index in [1.54, 1.807) is 30.7 Å². The molecule has 4 N–H and O–H groups in total. The van der Waals surface area contributed by atoms with Crippen LogP contribution in [0.3, 0.4) is 0 Å². The molecule has 9 heteroatoms. The van der Waals surface area contributed by atoms with E-state index in [4.69, 9.17) is 5.73 Å². The standard InChI is InChI=1S/C21H20N8O/c22-9-15(12-26-19-3-1-2-8-25-19)28-21(30)20-18(27-16-10-23-13-24-11-16)7-6-17(29-20)14-4-5-14/h1-3,6-14,27H,4-5,22H2,(H,28,30). The lowest BCUT2D eigenvalue weighted by Gasteiger charge is -2.13. The van der Waals surface area contributed by atoms with Crippen molar-refractivity contribution in [2.75, 3.05) is 5.32 Å². The average Bonchev–Trinajstić information content (AvgIpc) is 3.63. The maximum Gasteiger partial charge on any atom is 0.276 e. The third kappa shape index (κ3) is 4.82. The summed E-state index contributed by atoms with van der Waals surface area (Å²) in [6.07, 6.45) is 11.2. The number of nitrogens with two attached hydrogens (primary N) is 1. The monoisotopic (exact) mass is 400 g/mol. The van der Waals surface area contributed by atoms with E-state index in [0.717, 1.165) is 18.5 Å². The van der Waals surface area contributed by atoms with E-state index in [0.29, 0.717) is 28.8 Å². The Bertz CT molecular complexity index is 1080. The highest BCUT2D eigenvalue weighted by Gasteiger charge is 2.27.